The number of aryl methyl sites for hydroxylation is 3. The lowest BCUT2D eigenvalue weighted by Crippen LogP contribution is -2.10. The third-order valence-corrected chi connectivity index (χ3v) is 4.34. The maximum absolute atomic E-state index is 10.5. The van der Waals surface area contributed by atoms with Crippen molar-refractivity contribution in [2.45, 2.75) is 46.8 Å². The van der Waals surface area contributed by atoms with E-state index >= 15 is 0 Å². The smallest absolute Gasteiger partial charge is 0.0848 e. The molecule has 3 nitrogen and oxygen atoms in total. The number of rotatable bonds is 4. The molecule has 1 unspecified atom stereocenters. The highest BCUT2D eigenvalue weighted by molar-refractivity contribution is 6.31. The average molecular weight is 293 g/mol. The molecule has 0 amide bonds. The first-order chi connectivity index (χ1) is 9.45. The third-order valence-electron chi connectivity index (χ3n) is 3.85. The standard InChI is InChI=1S/C16H21ClN2O/c1-5-19-14(16(17)12(4)18-19)9-15(20)13-8-6-7-10(2)11(13)3/h6-8,15,20H,5,9H2,1-4H3. The van der Waals surface area contributed by atoms with E-state index in [-0.39, 0.29) is 0 Å². The highest BCUT2D eigenvalue weighted by Gasteiger charge is 2.19. The fraction of sp³-hybridized carbons (Fsp3) is 0.438. The number of halogens is 1. The maximum Gasteiger partial charge on any atom is 0.0848 e. The summed E-state index contributed by atoms with van der Waals surface area (Å²) in [4.78, 5) is 0. The Kier molecular flexibility index (Phi) is 4.51. The van der Waals surface area contributed by atoms with Gasteiger partial charge in [0, 0.05) is 13.0 Å². The van der Waals surface area contributed by atoms with Crippen LogP contribution >= 0.6 is 11.6 Å². The topological polar surface area (TPSA) is 38.0 Å². The Bertz CT molecular complexity index is 619. The summed E-state index contributed by atoms with van der Waals surface area (Å²) in [6.07, 6.45) is -0.0774. The number of nitrogens with zero attached hydrogens (tertiary/aromatic N) is 2. The Labute approximate surface area is 125 Å². The maximum atomic E-state index is 10.5. The van der Waals surface area contributed by atoms with Gasteiger partial charge in [0.2, 0.25) is 0 Å². The summed E-state index contributed by atoms with van der Waals surface area (Å²) in [7, 11) is 0. The molecule has 108 valence electrons. The van der Waals surface area contributed by atoms with Crippen molar-refractivity contribution in [2.75, 3.05) is 0 Å². The minimum atomic E-state index is -0.561. The Balaban J connectivity index is 2.32. The number of hydrogen-bond donors (Lipinski definition) is 1. The van der Waals surface area contributed by atoms with Crippen LogP contribution in [-0.4, -0.2) is 14.9 Å². The van der Waals surface area contributed by atoms with E-state index < -0.39 is 6.10 Å². The van der Waals surface area contributed by atoms with Gasteiger partial charge in [-0.25, -0.2) is 0 Å². The van der Waals surface area contributed by atoms with E-state index in [2.05, 4.69) is 18.1 Å². The number of aliphatic hydroxyl groups is 1. The minimum absolute atomic E-state index is 0.484. The fourth-order valence-corrected chi connectivity index (χ4v) is 2.70. The Hall–Kier alpha value is -1.32. The summed E-state index contributed by atoms with van der Waals surface area (Å²) < 4.78 is 1.87. The molecule has 1 N–H and O–H groups in total. The van der Waals surface area contributed by atoms with Crippen LogP contribution in [0.25, 0.3) is 0 Å². The van der Waals surface area contributed by atoms with Crippen LogP contribution in [0.2, 0.25) is 5.02 Å². The molecule has 0 spiro atoms. The van der Waals surface area contributed by atoms with E-state index in [9.17, 15) is 5.11 Å². The molecule has 0 aliphatic heterocycles. The van der Waals surface area contributed by atoms with Crippen molar-refractivity contribution in [3.63, 3.8) is 0 Å². The van der Waals surface area contributed by atoms with Gasteiger partial charge in [-0.1, -0.05) is 29.8 Å². The van der Waals surface area contributed by atoms with Gasteiger partial charge in [0.05, 0.1) is 22.5 Å². The van der Waals surface area contributed by atoms with Crippen molar-refractivity contribution < 1.29 is 5.11 Å². The van der Waals surface area contributed by atoms with Gasteiger partial charge in [-0.05, 0) is 44.4 Å². The van der Waals surface area contributed by atoms with Crippen molar-refractivity contribution >= 4 is 11.6 Å². The van der Waals surface area contributed by atoms with Gasteiger partial charge in [-0.15, -0.1) is 0 Å². The average Bonchev–Trinajstić information content (AvgIpc) is 2.69. The SMILES string of the molecule is CCn1nc(C)c(Cl)c1CC(O)c1cccc(C)c1C. The van der Waals surface area contributed by atoms with Crippen LogP contribution in [0.4, 0.5) is 0 Å². The summed E-state index contributed by atoms with van der Waals surface area (Å²) >= 11 is 6.30. The predicted octanol–water partition coefficient (Wildman–Crippen LogP) is 3.76. The summed E-state index contributed by atoms with van der Waals surface area (Å²) in [5, 5.41) is 15.6. The second-order valence-corrected chi connectivity index (χ2v) is 5.55. The van der Waals surface area contributed by atoms with Crippen molar-refractivity contribution in [3.05, 3.63) is 51.3 Å². The van der Waals surface area contributed by atoms with Gasteiger partial charge in [0.15, 0.2) is 0 Å². The van der Waals surface area contributed by atoms with Gasteiger partial charge in [0.1, 0.15) is 0 Å². The first-order valence-electron chi connectivity index (χ1n) is 6.91. The monoisotopic (exact) mass is 292 g/mol. The summed E-state index contributed by atoms with van der Waals surface area (Å²) in [6.45, 7) is 8.76. The molecule has 0 saturated heterocycles. The summed E-state index contributed by atoms with van der Waals surface area (Å²) in [5.74, 6) is 0. The van der Waals surface area contributed by atoms with Crippen LogP contribution in [0.1, 0.15) is 41.1 Å². The molecular formula is C16H21ClN2O. The molecule has 4 heteroatoms. The molecule has 1 aromatic carbocycles. The van der Waals surface area contributed by atoms with Crippen LogP contribution in [0.15, 0.2) is 18.2 Å². The van der Waals surface area contributed by atoms with Crippen LogP contribution in [-0.2, 0) is 13.0 Å². The van der Waals surface area contributed by atoms with E-state index in [4.69, 9.17) is 11.6 Å². The van der Waals surface area contributed by atoms with E-state index in [1.54, 1.807) is 0 Å². The normalized spacial score (nSPS) is 12.7. The lowest BCUT2D eigenvalue weighted by atomic mass is 9.96. The van der Waals surface area contributed by atoms with Crippen LogP contribution in [0.5, 0.6) is 0 Å². The molecule has 1 heterocycles. The Morgan fingerprint density at radius 1 is 1.30 bits per heavy atom. The molecule has 20 heavy (non-hydrogen) atoms. The predicted molar refractivity (Wildman–Crippen MR) is 82.2 cm³/mol. The van der Waals surface area contributed by atoms with E-state index in [0.29, 0.717) is 11.4 Å². The molecule has 2 aromatic rings. The van der Waals surface area contributed by atoms with Gasteiger partial charge < -0.3 is 5.11 Å². The highest BCUT2D eigenvalue weighted by atomic mass is 35.5. The summed E-state index contributed by atoms with van der Waals surface area (Å²) in [5.41, 5.74) is 5.00. The Morgan fingerprint density at radius 3 is 2.65 bits per heavy atom. The first-order valence-corrected chi connectivity index (χ1v) is 7.29. The number of aromatic nitrogens is 2. The van der Waals surface area contributed by atoms with E-state index in [1.165, 1.54) is 5.56 Å². The van der Waals surface area contributed by atoms with Crippen LogP contribution in [0.3, 0.4) is 0 Å². The lowest BCUT2D eigenvalue weighted by Gasteiger charge is -2.16. The molecule has 0 radical (unpaired) electrons. The van der Waals surface area contributed by atoms with Crippen molar-refractivity contribution in [1.29, 1.82) is 0 Å². The lowest BCUT2D eigenvalue weighted by molar-refractivity contribution is 0.174. The van der Waals surface area contributed by atoms with Crippen molar-refractivity contribution in [3.8, 4) is 0 Å². The largest absolute Gasteiger partial charge is 0.388 e. The highest BCUT2D eigenvalue weighted by Crippen LogP contribution is 2.28. The second-order valence-electron chi connectivity index (χ2n) is 5.17. The van der Waals surface area contributed by atoms with Gasteiger partial charge >= 0.3 is 0 Å². The molecule has 0 aliphatic carbocycles. The molecule has 0 saturated carbocycles. The summed E-state index contributed by atoms with van der Waals surface area (Å²) in [6, 6.07) is 6.00. The zero-order chi connectivity index (χ0) is 14.9. The van der Waals surface area contributed by atoms with E-state index in [1.807, 2.05) is 37.6 Å². The molecule has 1 aromatic heterocycles. The number of hydrogen-bond acceptors (Lipinski definition) is 2. The zero-order valence-electron chi connectivity index (χ0n) is 12.4. The van der Waals surface area contributed by atoms with Gasteiger partial charge in [-0.3, -0.25) is 4.68 Å². The molecule has 1 atom stereocenters. The first kappa shape index (κ1) is 15.1. The Morgan fingerprint density at radius 2 is 2.00 bits per heavy atom. The molecule has 2 rings (SSSR count). The third kappa shape index (κ3) is 2.74. The van der Waals surface area contributed by atoms with E-state index in [0.717, 1.165) is 29.1 Å². The molecular weight excluding hydrogens is 272 g/mol. The van der Waals surface area contributed by atoms with Crippen LogP contribution in [0, 0.1) is 20.8 Å². The van der Waals surface area contributed by atoms with Gasteiger partial charge in [-0.2, -0.15) is 5.10 Å². The van der Waals surface area contributed by atoms with Crippen LogP contribution < -0.4 is 0 Å². The quantitative estimate of drug-likeness (QED) is 0.932. The van der Waals surface area contributed by atoms with Crippen molar-refractivity contribution in [1.82, 2.24) is 9.78 Å². The van der Waals surface area contributed by atoms with Crippen molar-refractivity contribution in [2.24, 2.45) is 0 Å². The van der Waals surface area contributed by atoms with Gasteiger partial charge in [0.25, 0.3) is 0 Å². The second kappa shape index (κ2) is 5.98. The molecule has 0 aliphatic rings. The fourth-order valence-electron chi connectivity index (χ4n) is 2.49. The zero-order valence-corrected chi connectivity index (χ0v) is 13.2. The minimum Gasteiger partial charge on any atom is -0.388 e. The number of benzene rings is 1. The molecule has 0 bridgehead atoms. The molecule has 0 fully saturated rings. The number of aliphatic hydroxyl groups excluding tert-OH is 1.